The summed E-state index contributed by atoms with van der Waals surface area (Å²) in [7, 11) is 1.59. The van der Waals surface area contributed by atoms with Crippen molar-refractivity contribution >= 4 is 22.9 Å². The number of rotatable bonds is 6. The molecule has 0 aliphatic carbocycles. The summed E-state index contributed by atoms with van der Waals surface area (Å²) in [5.41, 5.74) is 3.17. The average molecular weight is 409 g/mol. The van der Waals surface area contributed by atoms with Gasteiger partial charge in [0, 0.05) is 33.7 Å². The highest BCUT2D eigenvalue weighted by Crippen LogP contribution is 2.49. The van der Waals surface area contributed by atoms with Crippen LogP contribution in [0.3, 0.4) is 0 Å². The lowest BCUT2D eigenvalue weighted by molar-refractivity contribution is -0.116. The van der Waals surface area contributed by atoms with Gasteiger partial charge in [-0.1, -0.05) is 36.9 Å². The highest BCUT2D eigenvalue weighted by atomic mass is 32.1. The van der Waals surface area contributed by atoms with Crippen LogP contribution in [-0.4, -0.2) is 19.6 Å². The van der Waals surface area contributed by atoms with Crippen molar-refractivity contribution in [2.45, 2.75) is 12.3 Å². The van der Waals surface area contributed by atoms with Crippen LogP contribution in [0.5, 0.6) is 11.5 Å². The van der Waals surface area contributed by atoms with Gasteiger partial charge < -0.3 is 14.8 Å². The summed E-state index contributed by atoms with van der Waals surface area (Å²) >= 11 is 1.55. The van der Waals surface area contributed by atoms with Crippen LogP contribution >= 0.6 is 11.3 Å². The number of halogens is 1. The predicted octanol–water partition coefficient (Wildman–Crippen LogP) is 5.60. The van der Waals surface area contributed by atoms with Gasteiger partial charge in [-0.3, -0.25) is 4.79 Å². The van der Waals surface area contributed by atoms with Gasteiger partial charge >= 0.3 is 0 Å². The molecule has 1 aromatic heterocycles. The Bertz CT molecular complexity index is 1080. The maximum Gasteiger partial charge on any atom is 0.225 e. The Labute approximate surface area is 172 Å². The van der Waals surface area contributed by atoms with Gasteiger partial charge in [0.2, 0.25) is 5.91 Å². The third-order valence-corrected chi connectivity index (χ3v) is 5.97. The fourth-order valence-electron chi connectivity index (χ4n) is 3.61. The molecule has 0 saturated carbocycles. The van der Waals surface area contributed by atoms with E-state index in [9.17, 15) is 9.18 Å². The number of benzene rings is 2. The van der Waals surface area contributed by atoms with Crippen LogP contribution in [0, 0.1) is 5.82 Å². The monoisotopic (exact) mass is 409 g/mol. The number of fused-ring (bicyclic) bond motifs is 1. The molecule has 0 spiro atoms. The van der Waals surface area contributed by atoms with Crippen LogP contribution in [0.1, 0.15) is 22.8 Å². The van der Waals surface area contributed by atoms with Crippen molar-refractivity contribution in [2.75, 3.05) is 19.0 Å². The van der Waals surface area contributed by atoms with Crippen molar-refractivity contribution in [2.24, 2.45) is 0 Å². The van der Waals surface area contributed by atoms with E-state index < -0.39 is 0 Å². The van der Waals surface area contributed by atoms with Gasteiger partial charge in [-0.05, 0) is 23.8 Å². The van der Waals surface area contributed by atoms with Crippen LogP contribution in [0.4, 0.5) is 10.1 Å². The first kappa shape index (κ1) is 19.2. The zero-order chi connectivity index (χ0) is 20.4. The maximum atomic E-state index is 13.7. The second kappa shape index (κ2) is 8.09. The topological polar surface area (TPSA) is 47.6 Å². The Morgan fingerprint density at radius 3 is 2.90 bits per heavy atom. The Hall–Kier alpha value is -3.12. The number of nitrogens with one attached hydrogen (secondary N) is 1. The fraction of sp³-hybridized carbons (Fsp3) is 0.174. The van der Waals surface area contributed by atoms with Crippen molar-refractivity contribution in [1.82, 2.24) is 0 Å². The van der Waals surface area contributed by atoms with Gasteiger partial charge in [-0.25, -0.2) is 4.39 Å². The van der Waals surface area contributed by atoms with Crippen molar-refractivity contribution in [1.29, 1.82) is 0 Å². The standard InChI is InChI=1S/C23H20FNO3S/c1-3-10-28-22-16(8-5-9-19(22)27-2)17-12-20(26)25-21-18(13-29-23(17)21)14-6-4-7-15(24)11-14/h3-9,11,13,17H,1,10,12H2,2H3,(H,25,26). The molecule has 3 aromatic rings. The van der Waals surface area contributed by atoms with Gasteiger partial charge in [0.1, 0.15) is 12.4 Å². The Kier molecular flexibility index (Phi) is 5.36. The normalized spacial score (nSPS) is 15.4. The molecule has 2 heterocycles. The molecular formula is C23H20FNO3S. The summed E-state index contributed by atoms with van der Waals surface area (Å²) in [6.07, 6.45) is 1.97. The number of thiophene rings is 1. The third kappa shape index (κ3) is 3.63. The molecule has 0 bridgehead atoms. The molecular weight excluding hydrogens is 389 g/mol. The number of methoxy groups -OCH3 is 1. The van der Waals surface area contributed by atoms with Gasteiger partial charge in [0.05, 0.1) is 12.8 Å². The molecule has 6 heteroatoms. The van der Waals surface area contributed by atoms with Crippen molar-refractivity contribution in [3.63, 3.8) is 0 Å². The lowest BCUT2D eigenvalue weighted by Crippen LogP contribution is -2.23. The molecule has 0 fully saturated rings. The van der Waals surface area contributed by atoms with Crippen LogP contribution in [0.25, 0.3) is 11.1 Å². The van der Waals surface area contributed by atoms with Crippen LogP contribution < -0.4 is 14.8 Å². The fourth-order valence-corrected chi connectivity index (χ4v) is 4.76. The van der Waals surface area contributed by atoms with E-state index in [1.165, 1.54) is 12.1 Å². The van der Waals surface area contributed by atoms with E-state index in [2.05, 4.69) is 11.9 Å². The van der Waals surface area contributed by atoms with E-state index in [1.54, 1.807) is 30.6 Å². The van der Waals surface area contributed by atoms with E-state index in [0.717, 1.165) is 27.3 Å². The zero-order valence-corrected chi connectivity index (χ0v) is 16.7. The summed E-state index contributed by atoms with van der Waals surface area (Å²) < 4.78 is 25.1. The van der Waals surface area contributed by atoms with Gasteiger partial charge in [-0.2, -0.15) is 0 Å². The SMILES string of the molecule is C=CCOc1c(OC)cccc1C1CC(=O)Nc2c(-c3cccc(F)c3)csc21. The molecule has 1 atom stereocenters. The summed E-state index contributed by atoms with van der Waals surface area (Å²) in [6, 6.07) is 12.1. The average Bonchev–Trinajstić information content (AvgIpc) is 3.15. The lowest BCUT2D eigenvalue weighted by atomic mass is 9.88. The Morgan fingerprint density at radius 2 is 2.14 bits per heavy atom. The minimum Gasteiger partial charge on any atom is -0.493 e. The molecule has 0 saturated heterocycles. The quantitative estimate of drug-likeness (QED) is 0.539. The highest BCUT2D eigenvalue weighted by molar-refractivity contribution is 7.11. The number of para-hydroxylation sites is 1. The van der Waals surface area contributed by atoms with Crippen molar-refractivity contribution in [3.05, 3.63) is 76.8 Å². The number of hydrogen-bond donors (Lipinski definition) is 1. The van der Waals surface area contributed by atoms with Gasteiger partial charge in [-0.15, -0.1) is 11.3 Å². The number of amides is 1. The Balaban J connectivity index is 1.83. The highest BCUT2D eigenvalue weighted by Gasteiger charge is 2.33. The number of anilines is 1. The number of carbonyl (C=O) groups excluding carboxylic acids is 1. The molecule has 1 aliphatic rings. The van der Waals surface area contributed by atoms with Crippen LogP contribution in [0.15, 0.2) is 60.5 Å². The smallest absolute Gasteiger partial charge is 0.225 e. The molecule has 1 N–H and O–H groups in total. The summed E-state index contributed by atoms with van der Waals surface area (Å²) in [5.74, 6) is 0.645. The van der Waals surface area contributed by atoms with Crippen LogP contribution in [0.2, 0.25) is 0 Å². The van der Waals surface area contributed by atoms with E-state index in [0.29, 0.717) is 24.5 Å². The second-order valence-electron chi connectivity index (χ2n) is 6.68. The minimum atomic E-state index is -0.311. The molecule has 1 unspecified atom stereocenters. The van der Waals surface area contributed by atoms with Crippen LogP contribution in [-0.2, 0) is 4.79 Å². The second-order valence-corrected chi connectivity index (χ2v) is 7.59. The van der Waals surface area contributed by atoms with E-state index >= 15 is 0 Å². The summed E-state index contributed by atoms with van der Waals surface area (Å²) in [4.78, 5) is 13.6. The minimum absolute atomic E-state index is 0.0870. The Morgan fingerprint density at radius 1 is 1.31 bits per heavy atom. The first-order valence-electron chi connectivity index (χ1n) is 9.20. The number of carbonyl (C=O) groups is 1. The molecule has 4 rings (SSSR count). The van der Waals surface area contributed by atoms with Gasteiger partial charge in [0.25, 0.3) is 0 Å². The summed E-state index contributed by atoms with van der Waals surface area (Å²) in [6.45, 7) is 4.04. The van der Waals surface area contributed by atoms with Crippen molar-refractivity contribution in [3.8, 4) is 22.6 Å². The first-order valence-corrected chi connectivity index (χ1v) is 10.1. The molecule has 1 amide bonds. The molecule has 29 heavy (non-hydrogen) atoms. The molecule has 2 aromatic carbocycles. The third-order valence-electron chi connectivity index (χ3n) is 4.88. The zero-order valence-electron chi connectivity index (χ0n) is 15.9. The van der Waals surface area contributed by atoms with E-state index in [1.807, 2.05) is 29.6 Å². The molecule has 1 aliphatic heterocycles. The maximum absolute atomic E-state index is 13.7. The first-order chi connectivity index (χ1) is 14.1. The molecule has 0 radical (unpaired) electrons. The molecule has 4 nitrogen and oxygen atoms in total. The van der Waals surface area contributed by atoms with Crippen molar-refractivity contribution < 1.29 is 18.7 Å². The lowest BCUT2D eigenvalue weighted by Gasteiger charge is -2.26. The van der Waals surface area contributed by atoms with E-state index in [-0.39, 0.29) is 17.6 Å². The predicted molar refractivity (Wildman–Crippen MR) is 113 cm³/mol. The number of hydrogen-bond acceptors (Lipinski definition) is 4. The summed E-state index contributed by atoms with van der Waals surface area (Å²) in [5, 5.41) is 4.94. The number of ether oxygens (including phenoxy) is 2. The van der Waals surface area contributed by atoms with Gasteiger partial charge in [0.15, 0.2) is 11.5 Å². The van der Waals surface area contributed by atoms with E-state index in [4.69, 9.17) is 9.47 Å². The molecule has 148 valence electrons. The largest absolute Gasteiger partial charge is 0.493 e.